The minimum absolute atomic E-state index is 0.698. The molecule has 1 aromatic carbocycles. The molecule has 0 radical (unpaired) electrons. The van der Waals surface area contributed by atoms with Crippen LogP contribution in [-0.4, -0.2) is 18.2 Å². The lowest BCUT2D eigenvalue weighted by Crippen LogP contribution is -2.23. The van der Waals surface area contributed by atoms with Gasteiger partial charge in [0.05, 0.1) is 5.60 Å². The van der Waals surface area contributed by atoms with Crippen molar-refractivity contribution in [1.82, 2.24) is 0 Å². The predicted octanol–water partition coefficient (Wildman–Crippen LogP) is 3.54. The molecule has 0 aromatic heterocycles. The second-order valence-corrected chi connectivity index (χ2v) is 4.74. The van der Waals surface area contributed by atoms with E-state index in [2.05, 4.69) is 37.8 Å². The Kier molecular flexibility index (Phi) is 5.01. The van der Waals surface area contributed by atoms with E-state index in [1.54, 1.807) is 0 Å². The maximum atomic E-state index is 10.3. The highest BCUT2D eigenvalue weighted by molar-refractivity contribution is 5.48. The van der Waals surface area contributed by atoms with Crippen LogP contribution in [0.3, 0.4) is 0 Å². The van der Waals surface area contributed by atoms with E-state index < -0.39 is 5.60 Å². The van der Waals surface area contributed by atoms with Crippen LogP contribution in [0, 0.1) is 0 Å². The van der Waals surface area contributed by atoms with Gasteiger partial charge in [0.2, 0.25) is 0 Å². The van der Waals surface area contributed by atoms with Crippen molar-refractivity contribution in [3.8, 4) is 0 Å². The topological polar surface area (TPSA) is 23.5 Å². The van der Waals surface area contributed by atoms with Crippen molar-refractivity contribution in [2.45, 2.75) is 46.1 Å². The quantitative estimate of drug-likeness (QED) is 0.815. The second kappa shape index (κ2) is 6.06. The van der Waals surface area contributed by atoms with Crippen molar-refractivity contribution in [2.24, 2.45) is 0 Å². The van der Waals surface area contributed by atoms with Crippen molar-refractivity contribution in [3.05, 3.63) is 29.8 Å². The molecule has 17 heavy (non-hydrogen) atoms. The van der Waals surface area contributed by atoms with Crippen LogP contribution in [0.25, 0.3) is 0 Å². The van der Waals surface area contributed by atoms with E-state index in [1.807, 2.05) is 19.1 Å². The first kappa shape index (κ1) is 14.0. The van der Waals surface area contributed by atoms with Gasteiger partial charge in [-0.1, -0.05) is 25.5 Å². The molecule has 1 atom stereocenters. The molecule has 0 amide bonds. The van der Waals surface area contributed by atoms with E-state index in [0.29, 0.717) is 0 Å². The SMILES string of the molecule is CCC[C@](C)(O)c1ccc(N(CC)CC)cc1. The number of hydrogen-bond donors (Lipinski definition) is 1. The minimum atomic E-state index is -0.698. The molecule has 0 heterocycles. The molecular weight excluding hydrogens is 210 g/mol. The highest BCUT2D eigenvalue weighted by Gasteiger charge is 2.21. The summed E-state index contributed by atoms with van der Waals surface area (Å²) in [6.45, 7) is 10.3. The van der Waals surface area contributed by atoms with Crippen molar-refractivity contribution in [2.75, 3.05) is 18.0 Å². The average Bonchev–Trinajstić information content (AvgIpc) is 2.31. The Morgan fingerprint density at radius 3 is 2.00 bits per heavy atom. The maximum absolute atomic E-state index is 10.3. The van der Waals surface area contributed by atoms with Crippen LogP contribution in [0.15, 0.2) is 24.3 Å². The molecule has 0 saturated heterocycles. The molecule has 1 rings (SSSR count). The van der Waals surface area contributed by atoms with Gasteiger partial charge in [-0.3, -0.25) is 0 Å². The van der Waals surface area contributed by atoms with Crippen LogP contribution in [0.2, 0.25) is 0 Å². The van der Waals surface area contributed by atoms with Crippen LogP contribution < -0.4 is 4.90 Å². The monoisotopic (exact) mass is 235 g/mol. The molecule has 2 nitrogen and oxygen atoms in total. The van der Waals surface area contributed by atoms with Gasteiger partial charge in [0.1, 0.15) is 0 Å². The van der Waals surface area contributed by atoms with E-state index in [-0.39, 0.29) is 0 Å². The smallest absolute Gasteiger partial charge is 0.0868 e. The molecule has 0 fully saturated rings. The number of anilines is 1. The summed E-state index contributed by atoms with van der Waals surface area (Å²) in [6, 6.07) is 8.30. The van der Waals surface area contributed by atoms with Gasteiger partial charge in [-0.15, -0.1) is 0 Å². The fourth-order valence-corrected chi connectivity index (χ4v) is 2.25. The van der Waals surface area contributed by atoms with E-state index in [0.717, 1.165) is 31.5 Å². The van der Waals surface area contributed by atoms with Crippen LogP contribution in [0.1, 0.15) is 46.1 Å². The summed E-state index contributed by atoms with van der Waals surface area (Å²) >= 11 is 0. The van der Waals surface area contributed by atoms with Crippen LogP contribution in [0.5, 0.6) is 0 Å². The third-order valence-corrected chi connectivity index (χ3v) is 3.35. The summed E-state index contributed by atoms with van der Waals surface area (Å²) in [5, 5.41) is 10.3. The Labute approximate surface area is 105 Å². The average molecular weight is 235 g/mol. The largest absolute Gasteiger partial charge is 0.385 e. The fourth-order valence-electron chi connectivity index (χ4n) is 2.25. The molecule has 0 unspecified atom stereocenters. The van der Waals surface area contributed by atoms with Gasteiger partial charge < -0.3 is 10.0 Å². The molecule has 96 valence electrons. The molecule has 2 heteroatoms. The standard InChI is InChI=1S/C15H25NO/c1-5-12-15(4,17)13-8-10-14(11-9-13)16(6-2)7-3/h8-11,17H,5-7,12H2,1-4H3/t15-/m0/s1. The van der Waals surface area contributed by atoms with Crippen molar-refractivity contribution in [3.63, 3.8) is 0 Å². The summed E-state index contributed by atoms with van der Waals surface area (Å²) in [5.74, 6) is 0. The Hall–Kier alpha value is -1.02. The zero-order valence-corrected chi connectivity index (χ0v) is 11.5. The molecule has 0 bridgehead atoms. The van der Waals surface area contributed by atoms with Crippen LogP contribution in [-0.2, 0) is 5.60 Å². The van der Waals surface area contributed by atoms with Gasteiger partial charge in [-0.05, 0) is 44.9 Å². The third kappa shape index (κ3) is 3.47. The third-order valence-electron chi connectivity index (χ3n) is 3.35. The molecule has 0 spiro atoms. The van der Waals surface area contributed by atoms with Gasteiger partial charge in [-0.25, -0.2) is 0 Å². The normalized spacial score (nSPS) is 14.4. The van der Waals surface area contributed by atoms with Crippen molar-refractivity contribution < 1.29 is 5.11 Å². The van der Waals surface area contributed by atoms with E-state index in [9.17, 15) is 5.11 Å². The first-order valence-corrected chi connectivity index (χ1v) is 6.63. The fraction of sp³-hybridized carbons (Fsp3) is 0.600. The lowest BCUT2D eigenvalue weighted by Gasteiger charge is -2.25. The summed E-state index contributed by atoms with van der Waals surface area (Å²) in [6.07, 6.45) is 1.79. The van der Waals surface area contributed by atoms with Gasteiger partial charge in [0.25, 0.3) is 0 Å². The lowest BCUT2D eigenvalue weighted by molar-refractivity contribution is 0.0470. The number of hydrogen-bond acceptors (Lipinski definition) is 2. The van der Waals surface area contributed by atoms with Gasteiger partial charge in [0, 0.05) is 18.8 Å². The van der Waals surface area contributed by atoms with Crippen molar-refractivity contribution in [1.29, 1.82) is 0 Å². The molecule has 1 N–H and O–H groups in total. The zero-order valence-electron chi connectivity index (χ0n) is 11.5. The lowest BCUT2D eigenvalue weighted by atomic mass is 9.91. The summed E-state index contributed by atoms with van der Waals surface area (Å²) in [4.78, 5) is 2.30. The Balaban J connectivity index is 2.87. The molecule has 1 aromatic rings. The predicted molar refractivity (Wildman–Crippen MR) is 74.5 cm³/mol. The number of nitrogens with zero attached hydrogens (tertiary/aromatic N) is 1. The first-order chi connectivity index (χ1) is 8.05. The number of benzene rings is 1. The van der Waals surface area contributed by atoms with Crippen LogP contribution >= 0.6 is 0 Å². The molecule has 0 saturated carbocycles. The van der Waals surface area contributed by atoms with Gasteiger partial charge >= 0.3 is 0 Å². The van der Waals surface area contributed by atoms with E-state index >= 15 is 0 Å². The Morgan fingerprint density at radius 2 is 1.59 bits per heavy atom. The summed E-state index contributed by atoms with van der Waals surface area (Å²) in [7, 11) is 0. The maximum Gasteiger partial charge on any atom is 0.0868 e. The summed E-state index contributed by atoms with van der Waals surface area (Å²) < 4.78 is 0. The minimum Gasteiger partial charge on any atom is -0.385 e. The van der Waals surface area contributed by atoms with Crippen LogP contribution in [0.4, 0.5) is 5.69 Å². The van der Waals surface area contributed by atoms with E-state index in [4.69, 9.17) is 0 Å². The molecule has 0 aliphatic carbocycles. The highest BCUT2D eigenvalue weighted by atomic mass is 16.3. The number of aliphatic hydroxyl groups is 1. The van der Waals surface area contributed by atoms with E-state index in [1.165, 1.54) is 5.69 Å². The zero-order chi connectivity index (χ0) is 12.9. The Morgan fingerprint density at radius 1 is 1.06 bits per heavy atom. The Bertz CT molecular complexity index is 325. The second-order valence-electron chi connectivity index (χ2n) is 4.74. The van der Waals surface area contributed by atoms with Gasteiger partial charge in [-0.2, -0.15) is 0 Å². The number of rotatable bonds is 6. The van der Waals surface area contributed by atoms with Crippen molar-refractivity contribution >= 4 is 5.69 Å². The summed E-state index contributed by atoms with van der Waals surface area (Å²) in [5.41, 5.74) is 1.54. The highest BCUT2D eigenvalue weighted by Crippen LogP contribution is 2.27. The van der Waals surface area contributed by atoms with Gasteiger partial charge in [0.15, 0.2) is 0 Å². The molecule has 0 aliphatic heterocycles. The first-order valence-electron chi connectivity index (χ1n) is 6.63. The molecular formula is C15H25NO. The molecule has 0 aliphatic rings.